The highest BCUT2D eigenvalue weighted by atomic mass is 16.5. The summed E-state index contributed by atoms with van der Waals surface area (Å²) in [5.41, 5.74) is 2.38. The Kier molecular flexibility index (Phi) is 4.83. The van der Waals surface area contributed by atoms with E-state index in [9.17, 15) is 9.59 Å². The Bertz CT molecular complexity index is 762. The first-order chi connectivity index (χ1) is 10.8. The van der Waals surface area contributed by atoms with E-state index in [0.29, 0.717) is 23.4 Å². The molecule has 0 bridgehead atoms. The molecule has 6 nitrogen and oxygen atoms in total. The molecule has 1 amide bonds. The summed E-state index contributed by atoms with van der Waals surface area (Å²) in [4.78, 5) is 32.8. The van der Waals surface area contributed by atoms with Gasteiger partial charge in [-0.3, -0.25) is 4.79 Å². The summed E-state index contributed by atoms with van der Waals surface area (Å²) in [6, 6.07) is 5.26. The Morgan fingerprint density at radius 3 is 2.65 bits per heavy atom. The second-order valence-corrected chi connectivity index (χ2v) is 5.64. The van der Waals surface area contributed by atoms with Crippen LogP contribution in [0.1, 0.15) is 42.6 Å². The van der Waals surface area contributed by atoms with Crippen molar-refractivity contribution in [2.24, 2.45) is 0 Å². The summed E-state index contributed by atoms with van der Waals surface area (Å²) >= 11 is 0. The predicted octanol–water partition coefficient (Wildman–Crippen LogP) is 2.84. The highest BCUT2D eigenvalue weighted by Crippen LogP contribution is 2.23. The molecule has 1 heterocycles. The van der Waals surface area contributed by atoms with Gasteiger partial charge in [0.15, 0.2) is 6.10 Å². The molecule has 0 aliphatic rings. The van der Waals surface area contributed by atoms with E-state index in [1.165, 1.54) is 4.90 Å². The average Bonchev–Trinajstić information content (AvgIpc) is 2.93. The van der Waals surface area contributed by atoms with Crippen molar-refractivity contribution in [2.45, 2.75) is 26.4 Å². The summed E-state index contributed by atoms with van der Waals surface area (Å²) in [7, 11) is 3.41. The summed E-state index contributed by atoms with van der Waals surface area (Å²) in [5.74, 6) is 0.0381. The number of fused-ring (bicyclic) bond motifs is 1. The molecule has 0 aliphatic heterocycles. The van der Waals surface area contributed by atoms with E-state index in [0.717, 1.165) is 11.0 Å². The summed E-state index contributed by atoms with van der Waals surface area (Å²) < 4.78 is 5.39. The molecule has 1 N–H and O–H groups in total. The zero-order valence-electron chi connectivity index (χ0n) is 13.8. The van der Waals surface area contributed by atoms with Crippen molar-refractivity contribution in [1.82, 2.24) is 14.9 Å². The molecule has 0 fully saturated rings. The van der Waals surface area contributed by atoms with Gasteiger partial charge in [-0.1, -0.05) is 13.5 Å². The third-order valence-electron chi connectivity index (χ3n) is 3.43. The minimum atomic E-state index is -0.473. The second kappa shape index (κ2) is 6.64. The van der Waals surface area contributed by atoms with Crippen molar-refractivity contribution in [1.29, 1.82) is 0 Å². The molecule has 122 valence electrons. The zero-order chi connectivity index (χ0) is 17.1. The van der Waals surface area contributed by atoms with Crippen LogP contribution in [0, 0.1) is 0 Å². The number of nitrogens with zero attached hydrogens (tertiary/aromatic N) is 2. The van der Waals surface area contributed by atoms with Crippen molar-refractivity contribution < 1.29 is 14.3 Å². The molecule has 23 heavy (non-hydrogen) atoms. The smallest absolute Gasteiger partial charge is 0.333 e. The van der Waals surface area contributed by atoms with Gasteiger partial charge in [-0.2, -0.15) is 0 Å². The van der Waals surface area contributed by atoms with E-state index in [1.54, 1.807) is 39.2 Å². The van der Waals surface area contributed by atoms with Crippen molar-refractivity contribution in [3.63, 3.8) is 0 Å². The minimum Gasteiger partial charge on any atom is -0.451 e. The van der Waals surface area contributed by atoms with Gasteiger partial charge in [-0.15, -0.1) is 0 Å². The molecule has 0 radical (unpaired) electrons. The highest BCUT2D eigenvalue weighted by molar-refractivity contribution is 5.97. The predicted molar refractivity (Wildman–Crippen MR) is 88.0 cm³/mol. The van der Waals surface area contributed by atoms with Gasteiger partial charge in [0, 0.05) is 25.2 Å². The molecule has 0 spiro atoms. The van der Waals surface area contributed by atoms with Gasteiger partial charge in [0.25, 0.3) is 5.91 Å². The fraction of sp³-hybridized carbons (Fsp3) is 0.353. The standard InChI is InChI=1S/C17H21N3O3/c1-6-14(23-17(22)10(2)3)15-18-12-8-7-11(9-13(12)19-15)16(21)20(4)5/h7-9,14H,2,6H2,1,3-5H3,(H,18,19). The number of H-pyrrole nitrogens is 1. The number of amides is 1. The van der Waals surface area contributed by atoms with Crippen LogP contribution < -0.4 is 0 Å². The van der Waals surface area contributed by atoms with Crippen molar-refractivity contribution >= 4 is 22.9 Å². The summed E-state index contributed by atoms with van der Waals surface area (Å²) in [6.07, 6.45) is 0.113. The Morgan fingerprint density at radius 2 is 2.09 bits per heavy atom. The van der Waals surface area contributed by atoms with E-state index in [2.05, 4.69) is 16.5 Å². The maximum atomic E-state index is 12.0. The van der Waals surface area contributed by atoms with E-state index >= 15 is 0 Å². The zero-order valence-corrected chi connectivity index (χ0v) is 13.8. The number of rotatable bonds is 5. The van der Waals surface area contributed by atoms with Crippen molar-refractivity contribution in [3.8, 4) is 0 Å². The van der Waals surface area contributed by atoms with Crippen LogP contribution in [-0.2, 0) is 9.53 Å². The number of nitrogens with one attached hydrogen (secondary N) is 1. The summed E-state index contributed by atoms with van der Waals surface area (Å²) in [5, 5.41) is 0. The van der Waals surface area contributed by atoms with E-state index < -0.39 is 12.1 Å². The number of carbonyl (C=O) groups excluding carboxylic acids is 2. The first-order valence-corrected chi connectivity index (χ1v) is 7.41. The van der Waals surface area contributed by atoms with Crippen LogP contribution in [0.15, 0.2) is 30.4 Å². The number of imidazole rings is 1. The number of esters is 1. The van der Waals surface area contributed by atoms with E-state index in [1.807, 2.05) is 6.92 Å². The van der Waals surface area contributed by atoms with Gasteiger partial charge in [-0.25, -0.2) is 9.78 Å². The fourth-order valence-electron chi connectivity index (χ4n) is 2.14. The molecule has 0 saturated carbocycles. The maximum Gasteiger partial charge on any atom is 0.333 e. The number of carbonyl (C=O) groups is 2. The maximum absolute atomic E-state index is 12.0. The highest BCUT2D eigenvalue weighted by Gasteiger charge is 2.19. The minimum absolute atomic E-state index is 0.0798. The third kappa shape index (κ3) is 3.59. The lowest BCUT2D eigenvalue weighted by atomic mass is 10.2. The summed E-state index contributed by atoms with van der Waals surface area (Å²) in [6.45, 7) is 7.09. The Labute approximate surface area is 135 Å². The number of benzene rings is 1. The second-order valence-electron chi connectivity index (χ2n) is 5.64. The van der Waals surface area contributed by atoms with Crippen LogP contribution in [0.3, 0.4) is 0 Å². The molecule has 1 unspecified atom stereocenters. The van der Waals surface area contributed by atoms with E-state index in [-0.39, 0.29) is 5.91 Å². The molecular weight excluding hydrogens is 294 g/mol. The number of aromatic amines is 1. The van der Waals surface area contributed by atoms with Gasteiger partial charge >= 0.3 is 5.97 Å². The van der Waals surface area contributed by atoms with Gasteiger partial charge in [0.2, 0.25) is 0 Å². The molecular formula is C17H21N3O3. The molecule has 1 aromatic carbocycles. The van der Waals surface area contributed by atoms with Crippen LogP contribution in [0.5, 0.6) is 0 Å². The molecule has 2 rings (SSSR count). The number of hydrogen-bond acceptors (Lipinski definition) is 4. The lowest BCUT2D eigenvalue weighted by molar-refractivity contribution is -0.145. The molecule has 0 aliphatic carbocycles. The first kappa shape index (κ1) is 16.7. The molecule has 1 aromatic heterocycles. The lowest BCUT2D eigenvalue weighted by Gasteiger charge is -2.13. The Balaban J connectivity index is 2.33. The number of ether oxygens (including phenoxy) is 1. The average molecular weight is 315 g/mol. The molecule has 2 aromatic rings. The lowest BCUT2D eigenvalue weighted by Crippen LogP contribution is -2.21. The van der Waals surface area contributed by atoms with Crippen molar-refractivity contribution in [2.75, 3.05) is 14.1 Å². The van der Waals surface area contributed by atoms with Crippen LogP contribution in [0.2, 0.25) is 0 Å². The third-order valence-corrected chi connectivity index (χ3v) is 3.43. The van der Waals surface area contributed by atoms with Crippen molar-refractivity contribution in [3.05, 3.63) is 41.7 Å². The topological polar surface area (TPSA) is 75.3 Å². The molecule has 6 heteroatoms. The van der Waals surface area contributed by atoms with Gasteiger partial charge in [0.05, 0.1) is 11.0 Å². The van der Waals surface area contributed by atoms with Gasteiger partial charge in [-0.05, 0) is 31.5 Å². The quantitative estimate of drug-likeness (QED) is 0.680. The normalized spacial score (nSPS) is 12.0. The van der Waals surface area contributed by atoms with Crippen LogP contribution >= 0.6 is 0 Å². The first-order valence-electron chi connectivity index (χ1n) is 7.41. The van der Waals surface area contributed by atoms with Gasteiger partial charge in [0.1, 0.15) is 5.82 Å². The Morgan fingerprint density at radius 1 is 1.39 bits per heavy atom. The van der Waals surface area contributed by atoms with Crippen LogP contribution in [-0.4, -0.2) is 40.8 Å². The fourth-order valence-corrected chi connectivity index (χ4v) is 2.14. The SMILES string of the molecule is C=C(C)C(=O)OC(CC)c1nc2ccc(C(=O)N(C)C)cc2[nH]1. The van der Waals surface area contributed by atoms with Crippen LogP contribution in [0.25, 0.3) is 11.0 Å². The largest absolute Gasteiger partial charge is 0.451 e. The van der Waals surface area contributed by atoms with Gasteiger partial charge < -0.3 is 14.6 Å². The number of hydrogen-bond donors (Lipinski definition) is 1. The molecule has 1 atom stereocenters. The monoisotopic (exact) mass is 315 g/mol. The molecule has 0 saturated heterocycles. The van der Waals surface area contributed by atoms with E-state index in [4.69, 9.17) is 4.74 Å². The Hall–Kier alpha value is -2.63. The number of aromatic nitrogens is 2. The van der Waals surface area contributed by atoms with Crippen LogP contribution in [0.4, 0.5) is 0 Å².